The van der Waals surface area contributed by atoms with Crippen LogP contribution in [0.3, 0.4) is 0 Å². The second-order valence-electron chi connectivity index (χ2n) is 8.19. The van der Waals surface area contributed by atoms with E-state index in [2.05, 4.69) is 14.9 Å². The van der Waals surface area contributed by atoms with Gasteiger partial charge in [0, 0.05) is 6.54 Å². The minimum atomic E-state index is -4.20. The summed E-state index contributed by atoms with van der Waals surface area (Å²) in [5.41, 5.74) is 0.813. The number of carbonyl (C=O) groups is 1. The van der Waals surface area contributed by atoms with Crippen LogP contribution in [0.25, 0.3) is 0 Å². The number of hydrogen-bond acceptors (Lipinski definition) is 4. The Morgan fingerprint density at radius 2 is 1.62 bits per heavy atom. The summed E-state index contributed by atoms with van der Waals surface area (Å²) >= 11 is 0. The van der Waals surface area contributed by atoms with Crippen molar-refractivity contribution in [3.63, 3.8) is 0 Å². The summed E-state index contributed by atoms with van der Waals surface area (Å²) in [7, 11) is -4.20. The molecule has 8 heteroatoms. The van der Waals surface area contributed by atoms with E-state index in [9.17, 15) is 17.6 Å². The number of carbonyl (C=O) groups excluding carboxylic acids is 1. The summed E-state index contributed by atoms with van der Waals surface area (Å²) in [6.07, 6.45) is 5.94. The fourth-order valence-corrected chi connectivity index (χ4v) is 5.22. The van der Waals surface area contributed by atoms with Crippen LogP contribution < -0.4 is 10.0 Å². The second kappa shape index (κ2) is 12.1. The molecule has 3 rings (SSSR count). The molecule has 0 aromatic heterocycles. The molecule has 0 spiro atoms. The van der Waals surface area contributed by atoms with Gasteiger partial charge in [-0.2, -0.15) is 4.72 Å². The van der Waals surface area contributed by atoms with Crippen molar-refractivity contribution >= 4 is 15.9 Å². The molecule has 2 aromatic rings. The first kappa shape index (κ1) is 24.4. The van der Waals surface area contributed by atoms with E-state index < -0.39 is 32.7 Å². The van der Waals surface area contributed by atoms with Crippen LogP contribution in [0.5, 0.6) is 0 Å². The Morgan fingerprint density at radius 3 is 2.31 bits per heavy atom. The van der Waals surface area contributed by atoms with Crippen LogP contribution in [0.2, 0.25) is 0 Å². The zero-order valence-corrected chi connectivity index (χ0v) is 19.1. The predicted octanol–water partition coefficient (Wildman–Crippen LogP) is 3.10. The Kier molecular flexibility index (Phi) is 9.20. The summed E-state index contributed by atoms with van der Waals surface area (Å²) in [6, 6.07) is 13.3. The standard InChI is InChI=1S/C24H32FN3O3S/c25-21-13-6-7-14-23(21)32(30,31)27-22(19-20-11-4-3-5-12-20)24(29)26-15-10-18-28-16-8-1-2-9-17-28/h3-7,11-14,22,27H,1-2,8-10,15-19H2,(H,26,29)/t22-/m0/s1. The number of benzene rings is 2. The van der Waals surface area contributed by atoms with Crippen LogP contribution in [0.1, 0.15) is 37.7 Å². The molecule has 174 valence electrons. The first-order valence-corrected chi connectivity index (χ1v) is 12.7. The van der Waals surface area contributed by atoms with Crippen molar-refractivity contribution in [2.45, 2.75) is 49.5 Å². The van der Waals surface area contributed by atoms with Gasteiger partial charge in [-0.1, -0.05) is 55.3 Å². The topological polar surface area (TPSA) is 78.5 Å². The van der Waals surface area contributed by atoms with Crippen molar-refractivity contribution < 1.29 is 17.6 Å². The van der Waals surface area contributed by atoms with E-state index >= 15 is 0 Å². The van der Waals surface area contributed by atoms with Crippen LogP contribution in [-0.4, -0.2) is 51.4 Å². The molecule has 1 aliphatic heterocycles. The van der Waals surface area contributed by atoms with E-state index in [4.69, 9.17) is 0 Å². The number of amides is 1. The summed E-state index contributed by atoms with van der Waals surface area (Å²) in [6.45, 7) is 3.55. The molecule has 2 aromatic carbocycles. The van der Waals surface area contributed by atoms with Gasteiger partial charge in [-0.05, 0) is 63.0 Å². The second-order valence-corrected chi connectivity index (χ2v) is 9.88. The van der Waals surface area contributed by atoms with Crippen molar-refractivity contribution in [1.29, 1.82) is 0 Å². The van der Waals surface area contributed by atoms with Crippen LogP contribution >= 0.6 is 0 Å². The molecule has 1 heterocycles. The fourth-order valence-electron chi connectivity index (χ4n) is 3.95. The molecule has 1 amide bonds. The first-order valence-electron chi connectivity index (χ1n) is 11.3. The van der Waals surface area contributed by atoms with E-state index in [1.807, 2.05) is 30.3 Å². The molecule has 1 atom stereocenters. The van der Waals surface area contributed by atoms with E-state index in [0.29, 0.717) is 6.54 Å². The Balaban J connectivity index is 1.62. The van der Waals surface area contributed by atoms with Gasteiger partial charge in [0.1, 0.15) is 16.8 Å². The minimum Gasteiger partial charge on any atom is -0.355 e. The van der Waals surface area contributed by atoms with Gasteiger partial charge in [0.15, 0.2) is 0 Å². The Hall–Kier alpha value is -2.29. The van der Waals surface area contributed by atoms with Crippen molar-refractivity contribution in [3.05, 3.63) is 66.0 Å². The van der Waals surface area contributed by atoms with Gasteiger partial charge in [-0.15, -0.1) is 0 Å². The maximum absolute atomic E-state index is 14.1. The highest BCUT2D eigenvalue weighted by Crippen LogP contribution is 2.15. The lowest BCUT2D eigenvalue weighted by Crippen LogP contribution is -2.48. The summed E-state index contributed by atoms with van der Waals surface area (Å²) < 4.78 is 42.1. The normalized spacial score (nSPS) is 16.3. The maximum atomic E-state index is 14.1. The quantitative estimate of drug-likeness (QED) is 0.533. The van der Waals surface area contributed by atoms with Crippen molar-refractivity contribution in [1.82, 2.24) is 14.9 Å². The summed E-state index contributed by atoms with van der Waals surface area (Å²) in [4.78, 5) is 14.9. The highest BCUT2D eigenvalue weighted by molar-refractivity contribution is 7.89. The smallest absolute Gasteiger partial charge is 0.244 e. The highest BCUT2D eigenvalue weighted by atomic mass is 32.2. The largest absolute Gasteiger partial charge is 0.355 e. The zero-order valence-electron chi connectivity index (χ0n) is 18.3. The number of halogens is 1. The van der Waals surface area contributed by atoms with E-state index in [1.165, 1.54) is 43.9 Å². The lowest BCUT2D eigenvalue weighted by Gasteiger charge is -2.21. The van der Waals surface area contributed by atoms with Gasteiger partial charge in [-0.3, -0.25) is 4.79 Å². The number of hydrogen-bond donors (Lipinski definition) is 2. The van der Waals surface area contributed by atoms with Crippen LogP contribution in [0.4, 0.5) is 4.39 Å². The van der Waals surface area contributed by atoms with Gasteiger partial charge in [0.25, 0.3) is 0 Å². The summed E-state index contributed by atoms with van der Waals surface area (Å²) in [5.74, 6) is -1.26. The molecule has 1 saturated heterocycles. The zero-order chi connectivity index (χ0) is 22.8. The molecule has 0 bridgehead atoms. The molecule has 0 radical (unpaired) electrons. The SMILES string of the molecule is O=C(NCCCN1CCCCCC1)[C@H](Cc1ccccc1)NS(=O)(=O)c1ccccc1F. The van der Waals surface area contributed by atoms with Crippen molar-refractivity contribution in [2.24, 2.45) is 0 Å². The molecule has 2 N–H and O–H groups in total. The number of nitrogens with one attached hydrogen (secondary N) is 2. The van der Waals surface area contributed by atoms with Gasteiger partial charge in [0.05, 0.1) is 0 Å². The lowest BCUT2D eigenvalue weighted by atomic mass is 10.1. The van der Waals surface area contributed by atoms with Gasteiger partial charge in [-0.25, -0.2) is 12.8 Å². The third-order valence-electron chi connectivity index (χ3n) is 5.67. The Bertz CT molecular complexity index is 961. The van der Waals surface area contributed by atoms with Crippen molar-refractivity contribution in [2.75, 3.05) is 26.2 Å². The third-order valence-corrected chi connectivity index (χ3v) is 7.18. The Morgan fingerprint density at radius 1 is 0.969 bits per heavy atom. The van der Waals surface area contributed by atoms with Gasteiger partial charge >= 0.3 is 0 Å². The maximum Gasteiger partial charge on any atom is 0.244 e. The summed E-state index contributed by atoms with van der Waals surface area (Å²) in [5, 5.41) is 2.86. The first-order chi connectivity index (χ1) is 15.5. The average molecular weight is 462 g/mol. The third kappa shape index (κ3) is 7.39. The monoisotopic (exact) mass is 461 g/mol. The molecule has 0 saturated carbocycles. The molecule has 1 fully saturated rings. The fraction of sp³-hybridized carbons (Fsp3) is 0.458. The Labute approximate surface area is 190 Å². The number of nitrogens with zero attached hydrogens (tertiary/aromatic N) is 1. The predicted molar refractivity (Wildman–Crippen MR) is 123 cm³/mol. The molecular weight excluding hydrogens is 429 g/mol. The van der Waals surface area contributed by atoms with Gasteiger partial charge in [0.2, 0.25) is 15.9 Å². The van der Waals surface area contributed by atoms with Crippen LogP contribution in [-0.2, 0) is 21.2 Å². The van der Waals surface area contributed by atoms with Crippen LogP contribution in [0, 0.1) is 5.82 Å². The number of sulfonamides is 1. The molecule has 0 unspecified atom stereocenters. The van der Waals surface area contributed by atoms with Crippen molar-refractivity contribution in [3.8, 4) is 0 Å². The molecular formula is C24H32FN3O3S. The van der Waals surface area contributed by atoms with Crippen LogP contribution in [0.15, 0.2) is 59.5 Å². The number of likely N-dealkylation sites (tertiary alicyclic amines) is 1. The highest BCUT2D eigenvalue weighted by Gasteiger charge is 2.27. The molecule has 32 heavy (non-hydrogen) atoms. The number of rotatable bonds is 10. The molecule has 6 nitrogen and oxygen atoms in total. The molecule has 1 aliphatic rings. The van der Waals surface area contributed by atoms with E-state index in [1.54, 1.807) is 0 Å². The average Bonchev–Trinajstić information content (AvgIpc) is 3.06. The lowest BCUT2D eigenvalue weighted by molar-refractivity contribution is -0.122. The molecule has 0 aliphatic carbocycles. The van der Waals surface area contributed by atoms with E-state index in [-0.39, 0.29) is 6.42 Å². The van der Waals surface area contributed by atoms with Gasteiger partial charge < -0.3 is 10.2 Å². The van der Waals surface area contributed by atoms with E-state index in [0.717, 1.165) is 37.7 Å². The minimum absolute atomic E-state index is 0.173.